The summed E-state index contributed by atoms with van der Waals surface area (Å²) in [7, 11) is 1.71. The van der Waals surface area contributed by atoms with Crippen molar-refractivity contribution < 1.29 is 4.74 Å². The van der Waals surface area contributed by atoms with E-state index in [0.29, 0.717) is 0 Å². The third-order valence-corrected chi connectivity index (χ3v) is 5.91. The van der Waals surface area contributed by atoms with Crippen LogP contribution in [0.4, 0.5) is 0 Å². The molecule has 2 aromatic rings. The van der Waals surface area contributed by atoms with Gasteiger partial charge < -0.3 is 4.74 Å². The lowest BCUT2D eigenvalue weighted by Gasteiger charge is -2.24. The van der Waals surface area contributed by atoms with Crippen molar-refractivity contribution in [3.05, 3.63) is 63.6 Å². The minimum Gasteiger partial charge on any atom is -0.496 e. The molecule has 0 N–H and O–H groups in total. The molecule has 0 aromatic heterocycles. The summed E-state index contributed by atoms with van der Waals surface area (Å²) in [6.07, 6.45) is 2.25. The van der Waals surface area contributed by atoms with E-state index in [2.05, 4.69) is 59.3 Å². The van der Waals surface area contributed by atoms with Crippen LogP contribution >= 0.6 is 27.5 Å². The second kappa shape index (κ2) is 5.66. The lowest BCUT2D eigenvalue weighted by Crippen LogP contribution is -2.15. The summed E-state index contributed by atoms with van der Waals surface area (Å²) in [6, 6.07) is 14.7. The van der Waals surface area contributed by atoms with Crippen LogP contribution in [0.15, 0.2) is 46.9 Å². The van der Waals surface area contributed by atoms with Gasteiger partial charge in [0.25, 0.3) is 0 Å². The first-order valence-electron chi connectivity index (χ1n) is 7.12. The van der Waals surface area contributed by atoms with E-state index in [-0.39, 0.29) is 10.8 Å². The molecule has 0 heterocycles. The highest BCUT2D eigenvalue weighted by Gasteiger charge is 2.51. The van der Waals surface area contributed by atoms with Crippen LogP contribution in [-0.2, 0) is 5.41 Å². The average Bonchev–Trinajstić information content (AvgIpc) is 3.31. The van der Waals surface area contributed by atoms with Gasteiger partial charge in [0.2, 0.25) is 0 Å². The van der Waals surface area contributed by atoms with E-state index in [4.69, 9.17) is 16.3 Å². The van der Waals surface area contributed by atoms with Crippen LogP contribution in [0.1, 0.15) is 34.9 Å². The van der Waals surface area contributed by atoms with Gasteiger partial charge >= 0.3 is 0 Å². The summed E-state index contributed by atoms with van der Waals surface area (Å²) in [5.41, 5.74) is 3.59. The number of aryl methyl sites for hydroxylation is 1. The zero-order chi connectivity index (χ0) is 15.0. The SMILES string of the molecule is COc1cc(C)c(Br)cc1C(Cl)C1(c2ccccc2)CC1. The Labute approximate surface area is 139 Å². The average molecular weight is 366 g/mol. The first-order chi connectivity index (χ1) is 10.1. The molecule has 21 heavy (non-hydrogen) atoms. The molecule has 3 rings (SSSR count). The van der Waals surface area contributed by atoms with E-state index in [9.17, 15) is 0 Å². The number of halogens is 2. The van der Waals surface area contributed by atoms with Crippen molar-refractivity contribution in [2.45, 2.75) is 30.6 Å². The van der Waals surface area contributed by atoms with E-state index in [1.807, 2.05) is 6.07 Å². The van der Waals surface area contributed by atoms with Crippen LogP contribution in [0.2, 0.25) is 0 Å². The standard InChI is InChI=1S/C18H18BrClO/c1-12-10-16(21-2)14(11-15(12)19)17(20)18(8-9-18)13-6-4-3-5-7-13/h3-7,10-11,17H,8-9H2,1-2H3. The van der Waals surface area contributed by atoms with E-state index in [0.717, 1.165) is 34.2 Å². The van der Waals surface area contributed by atoms with Crippen LogP contribution in [-0.4, -0.2) is 7.11 Å². The van der Waals surface area contributed by atoms with Gasteiger partial charge in [0.05, 0.1) is 12.5 Å². The Morgan fingerprint density at radius 1 is 1.19 bits per heavy atom. The van der Waals surface area contributed by atoms with Gasteiger partial charge in [-0.25, -0.2) is 0 Å². The van der Waals surface area contributed by atoms with Gasteiger partial charge in [0.1, 0.15) is 5.75 Å². The van der Waals surface area contributed by atoms with Crippen LogP contribution in [0.25, 0.3) is 0 Å². The first-order valence-corrected chi connectivity index (χ1v) is 8.35. The minimum atomic E-state index is -0.0771. The normalized spacial score (nSPS) is 17.3. The second-order valence-corrected chi connectivity index (χ2v) is 7.02. The topological polar surface area (TPSA) is 9.23 Å². The lowest BCUT2D eigenvalue weighted by atomic mass is 9.87. The van der Waals surface area contributed by atoms with Gasteiger partial charge in [-0.05, 0) is 43.0 Å². The number of hydrogen-bond acceptors (Lipinski definition) is 1. The molecule has 2 aromatic carbocycles. The van der Waals surface area contributed by atoms with Crippen molar-refractivity contribution >= 4 is 27.5 Å². The maximum atomic E-state index is 6.90. The monoisotopic (exact) mass is 364 g/mol. The Kier molecular flexibility index (Phi) is 4.02. The third kappa shape index (κ3) is 2.60. The molecule has 0 amide bonds. The molecule has 0 saturated heterocycles. The molecular weight excluding hydrogens is 348 g/mol. The van der Waals surface area contributed by atoms with E-state index < -0.39 is 0 Å². The molecule has 1 atom stereocenters. The minimum absolute atomic E-state index is 0.0464. The number of hydrogen-bond donors (Lipinski definition) is 0. The fourth-order valence-electron chi connectivity index (χ4n) is 2.94. The molecule has 1 aliphatic rings. The summed E-state index contributed by atoms with van der Waals surface area (Å²) in [5.74, 6) is 0.873. The molecule has 0 bridgehead atoms. The fourth-order valence-corrected chi connectivity index (χ4v) is 3.81. The Bertz CT molecular complexity index is 650. The first kappa shape index (κ1) is 14.9. The molecule has 0 aliphatic heterocycles. The Balaban J connectivity index is 2.03. The molecule has 1 fully saturated rings. The van der Waals surface area contributed by atoms with Crippen molar-refractivity contribution in [3.8, 4) is 5.75 Å². The van der Waals surface area contributed by atoms with Crippen molar-refractivity contribution in [1.82, 2.24) is 0 Å². The van der Waals surface area contributed by atoms with Crippen LogP contribution < -0.4 is 4.74 Å². The maximum Gasteiger partial charge on any atom is 0.123 e. The van der Waals surface area contributed by atoms with Crippen molar-refractivity contribution in [2.24, 2.45) is 0 Å². The highest BCUT2D eigenvalue weighted by atomic mass is 79.9. The smallest absolute Gasteiger partial charge is 0.123 e. The number of methoxy groups -OCH3 is 1. The highest BCUT2D eigenvalue weighted by molar-refractivity contribution is 9.10. The Morgan fingerprint density at radius 3 is 2.43 bits per heavy atom. The van der Waals surface area contributed by atoms with Crippen molar-refractivity contribution in [2.75, 3.05) is 7.11 Å². The number of benzene rings is 2. The van der Waals surface area contributed by atoms with Gasteiger partial charge in [-0.1, -0.05) is 46.3 Å². The largest absolute Gasteiger partial charge is 0.496 e. The lowest BCUT2D eigenvalue weighted by molar-refractivity contribution is 0.406. The Morgan fingerprint density at radius 2 is 1.86 bits per heavy atom. The molecule has 1 nitrogen and oxygen atoms in total. The van der Waals surface area contributed by atoms with Crippen LogP contribution in [0, 0.1) is 6.92 Å². The summed E-state index contributed by atoms with van der Waals surface area (Å²) < 4.78 is 6.63. The highest BCUT2D eigenvalue weighted by Crippen LogP contribution is 2.60. The number of ether oxygens (including phenoxy) is 1. The van der Waals surface area contributed by atoms with Crippen LogP contribution in [0.3, 0.4) is 0 Å². The molecule has 3 heteroatoms. The summed E-state index contributed by atoms with van der Waals surface area (Å²) >= 11 is 10.5. The molecule has 110 valence electrons. The van der Waals surface area contributed by atoms with Gasteiger partial charge in [0.15, 0.2) is 0 Å². The third-order valence-electron chi connectivity index (χ3n) is 4.41. The summed E-state index contributed by atoms with van der Waals surface area (Å²) in [6.45, 7) is 2.06. The predicted octanol–water partition coefficient (Wildman–Crippen LogP) is 5.78. The zero-order valence-electron chi connectivity index (χ0n) is 12.2. The zero-order valence-corrected chi connectivity index (χ0v) is 14.5. The second-order valence-electron chi connectivity index (χ2n) is 5.73. The molecule has 0 radical (unpaired) electrons. The van der Waals surface area contributed by atoms with Gasteiger partial charge in [-0.3, -0.25) is 0 Å². The fraction of sp³-hybridized carbons (Fsp3) is 0.333. The van der Waals surface area contributed by atoms with Gasteiger partial charge in [0, 0.05) is 15.5 Å². The molecule has 1 unspecified atom stereocenters. The van der Waals surface area contributed by atoms with Crippen molar-refractivity contribution in [3.63, 3.8) is 0 Å². The number of alkyl halides is 1. The van der Waals surface area contributed by atoms with Crippen LogP contribution in [0.5, 0.6) is 5.75 Å². The maximum absolute atomic E-state index is 6.90. The molecule has 1 saturated carbocycles. The predicted molar refractivity (Wildman–Crippen MR) is 91.4 cm³/mol. The summed E-state index contributed by atoms with van der Waals surface area (Å²) in [4.78, 5) is 0. The summed E-state index contributed by atoms with van der Waals surface area (Å²) in [5, 5.41) is -0.0771. The van der Waals surface area contributed by atoms with Gasteiger partial charge in [-0.2, -0.15) is 0 Å². The molecule has 0 spiro atoms. The molecular formula is C18H18BrClO. The Hall–Kier alpha value is -0.990. The van der Waals surface area contributed by atoms with Gasteiger partial charge in [-0.15, -0.1) is 11.6 Å². The van der Waals surface area contributed by atoms with E-state index >= 15 is 0 Å². The number of rotatable bonds is 4. The van der Waals surface area contributed by atoms with Crippen molar-refractivity contribution in [1.29, 1.82) is 0 Å². The molecule has 1 aliphatic carbocycles. The quantitative estimate of drug-likeness (QED) is 0.624. The van der Waals surface area contributed by atoms with E-state index in [1.165, 1.54) is 5.56 Å². The van der Waals surface area contributed by atoms with E-state index in [1.54, 1.807) is 7.11 Å².